The molecule has 1 amide bonds. The standard InChI is InChI=1S/C24H18F3N3O2.C2H6/c25-24(26,27)17-5-7-20(8-6-17)32-22-3-1-2-15-12-16(4-9-21(15)22)23(31)30-14-19-13-18(28)10-11-29-19;1-2/h1-13H,14H2,(H2,28,29)(H,30,31);1-2H3. The molecule has 0 saturated heterocycles. The second-order valence-corrected chi connectivity index (χ2v) is 7.08. The molecule has 5 nitrogen and oxygen atoms in total. The van der Waals surface area contributed by atoms with Crippen LogP contribution in [-0.2, 0) is 12.7 Å². The fraction of sp³-hybridized carbons (Fsp3) is 0.154. The van der Waals surface area contributed by atoms with Crippen LogP contribution >= 0.6 is 0 Å². The highest BCUT2D eigenvalue weighted by atomic mass is 19.4. The van der Waals surface area contributed by atoms with Crippen LogP contribution in [0.4, 0.5) is 18.9 Å². The van der Waals surface area contributed by atoms with E-state index >= 15 is 0 Å². The van der Waals surface area contributed by atoms with Gasteiger partial charge in [0.15, 0.2) is 0 Å². The van der Waals surface area contributed by atoms with E-state index in [9.17, 15) is 18.0 Å². The number of amides is 1. The molecule has 0 aliphatic rings. The number of pyridine rings is 1. The number of carbonyl (C=O) groups is 1. The number of anilines is 1. The molecule has 4 aromatic rings. The smallest absolute Gasteiger partial charge is 0.416 e. The largest absolute Gasteiger partial charge is 0.457 e. The average Bonchev–Trinajstić information content (AvgIpc) is 2.83. The summed E-state index contributed by atoms with van der Waals surface area (Å²) in [6.45, 7) is 4.24. The van der Waals surface area contributed by atoms with Crippen LogP contribution < -0.4 is 15.8 Å². The second kappa shape index (κ2) is 10.7. The molecule has 3 aromatic carbocycles. The van der Waals surface area contributed by atoms with Gasteiger partial charge in [-0.3, -0.25) is 9.78 Å². The Bertz CT molecular complexity index is 1270. The second-order valence-electron chi connectivity index (χ2n) is 7.08. The van der Waals surface area contributed by atoms with Crippen molar-refractivity contribution in [3.05, 3.63) is 95.8 Å². The highest BCUT2D eigenvalue weighted by Crippen LogP contribution is 2.33. The van der Waals surface area contributed by atoms with E-state index in [2.05, 4.69) is 10.3 Å². The van der Waals surface area contributed by atoms with Crippen LogP contribution in [0.2, 0.25) is 0 Å². The molecule has 34 heavy (non-hydrogen) atoms. The Kier molecular flexibility index (Phi) is 7.73. The first-order valence-corrected chi connectivity index (χ1v) is 10.7. The van der Waals surface area contributed by atoms with Crippen molar-refractivity contribution < 1.29 is 22.7 Å². The van der Waals surface area contributed by atoms with Crippen molar-refractivity contribution in [3.63, 3.8) is 0 Å². The van der Waals surface area contributed by atoms with Gasteiger partial charge >= 0.3 is 6.18 Å². The van der Waals surface area contributed by atoms with Gasteiger partial charge in [-0.25, -0.2) is 0 Å². The lowest BCUT2D eigenvalue weighted by atomic mass is 10.1. The zero-order valence-electron chi connectivity index (χ0n) is 18.7. The Morgan fingerprint density at radius 1 is 1.00 bits per heavy atom. The third-order valence-corrected chi connectivity index (χ3v) is 4.78. The molecule has 1 heterocycles. The van der Waals surface area contributed by atoms with Gasteiger partial charge in [0.25, 0.3) is 5.91 Å². The molecule has 8 heteroatoms. The van der Waals surface area contributed by atoms with E-state index in [4.69, 9.17) is 10.5 Å². The van der Waals surface area contributed by atoms with Gasteiger partial charge < -0.3 is 15.8 Å². The molecule has 0 atom stereocenters. The van der Waals surface area contributed by atoms with E-state index in [1.54, 1.807) is 48.7 Å². The summed E-state index contributed by atoms with van der Waals surface area (Å²) in [6, 6.07) is 18.2. The minimum atomic E-state index is -4.40. The summed E-state index contributed by atoms with van der Waals surface area (Å²) >= 11 is 0. The third-order valence-electron chi connectivity index (χ3n) is 4.78. The molecule has 0 aliphatic heterocycles. The van der Waals surface area contributed by atoms with E-state index in [-0.39, 0.29) is 18.2 Å². The minimum absolute atomic E-state index is 0.235. The Labute approximate surface area is 195 Å². The lowest BCUT2D eigenvalue weighted by Gasteiger charge is -2.12. The van der Waals surface area contributed by atoms with Crippen LogP contribution in [0.25, 0.3) is 10.8 Å². The monoisotopic (exact) mass is 467 g/mol. The van der Waals surface area contributed by atoms with Crippen molar-refractivity contribution in [1.29, 1.82) is 0 Å². The number of carbonyl (C=O) groups excluding carboxylic acids is 1. The molecule has 4 rings (SSSR count). The first-order chi connectivity index (χ1) is 16.3. The number of nitrogens with zero attached hydrogens (tertiary/aromatic N) is 1. The van der Waals surface area contributed by atoms with E-state index in [0.717, 1.165) is 22.9 Å². The fourth-order valence-electron chi connectivity index (χ4n) is 3.19. The predicted molar refractivity (Wildman–Crippen MR) is 127 cm³/mol. The van der Waals surface area contributed by atoms with Gasteiger partial charge in [-0.15, -0.1) is 0 Å². The Balaban J connectivity index is 0.00000158. The molecular formula is C26H24F3N3O2. The van der Waals surface area contributed by atoms with Crippen LogP contribution in [0.15, 0.2) is 79.0 Å². The molecule has 0 bridgehead atoms. The van der Waals surface area contributed by atoms with Crippen molar-refractivity contribution in [2.24, 2.45) is 0 Å². The number of nitrogen functional groups attached to an aromatic ring is 1. The summed E-state index contributed by atoms with van der Waals surface area (Å²) in [7, 11) is 0. The Hall–Kier alpha value is -4.07. The minimum Gasteiger partial charge on any atom is -0.457 e. The zero-order valence-corrected chi connectivity index (χ0v) is 18.7. The summed E-state index contributed by atoms with van der Waals surface area (Å²) in [4.78, 5) is 16.7. The molecule has 176 valence electrons. The first-order valence-electron chi connectivity index (χ1n) is 10.7. The molecular weight excluding hydrogens is 443 g/mol. The predicted octanol–water partition coefficient (Wildman–Crippen LogP) is 6.58. The molecule has 0 aliphatic carbocycles. The summed E-state index contributed by atoms with van der Waals surface area (Å²) < 4.78 is 44.0. The maximum Gasteiger partial charge on any atom is 0.416 e. The maximum absolute atomic E-state index is 12.7. The van der Waals surface area contributed by atoms with Crippen molar-refractivity contribution in [1.82, 2.24) is 10.3 Å². The summed E-state index contributed by atoms with van der Waals surface area (Å²) in [5.41, 5.74) is 6.64. The van der Waals surface area contributed by atoms with Crippen molar-refractivity contribution in [3.8, 4) is 11.5 Å². The van der Waals surface area contributed by atoms with Crippen molar-refractivity contribution in [2.45, 2.75) is 26.6 Å². The van der Waals surface area contributed by atoms with Gasteiger partial charge in [-0.05, 0) is 66.0 Å². The number of halogens is 3. The van der Waals surface area contributed by atoms with E-state index in [0.29, 0.717) is 22.7 Å². The Morgan fingerprint density at radius 2 is 1.74 bits per heavy atom. The van der Waals surface area contributed by atoms with Crippen LogP contribution in [0.5, 0.6) is 11.5 Å². The number of rotatable bonds is 5. The number of fused-ring (bicyclic) bond motifs is 1. The summed E-state index contributed by atoms with van der Waals surface area (Å²) in [6.07, 6.45) is -2.83. The number of nitrogens with one attached hydrogen (secondary N) is 1. The van der Waals surface area contributed by atoms with Gasteiger partial charge in [-0.1, -0.05) is 26.0 Å². The van der Waals surface area contributed by atoms with Crippen molar-refractivity contribution in [2.75, 3.05) is 5.73 Å². The average molecular weight is 467 g/mol. The summed E-state index contributed by atoms with van der Waals surface area (Å²) in [5.74, 6) is 0.477. The van der Waals surface area contributed by atoms with Gasteiger partial charge in [0.1, 0.15) is 11.5 Å². The highest BCUT2D eigenvalue weighted by molar-refractivity contribution is 5.99. The molecule has 1 aromatic heterocycles. The van der Waals surface area contributed by atoms with Gasteiger partial charge in [-0.2, -0.15) is 13.2 Å². The quantitative estimate of drug-likeness (QED) is 0.347. The van der Waals surface area contributed by atoms with Crippen LogP contribution in [-0.4, -0.2) is 10.9 Å². The van der Waals surface area contributed by atoms with Gasteiger partial charge in [0.05, 0.1) is 17.8 Å². The zero-order chi connectivity index (χ0) is 24.7. The highest BCUT2D eigenvalue weighted by Gasteiger charge is 2.30. The maximum atomic E-state index is 12.7. The molecule has 0 unspecified atom stereocenters. The molecule has 0 radical (unpaired) electrons. The number of benzene rings is 3. The third kappa shape index (κ3) is 6.04. The van der Waals surface area contributed by atoms with Gasteiger partial charge in [0, 0.05) is 22.8 Å². The lowest BCUT2D eigenvalue weighted by molar-refractivity contribution is -0.137. The number of hydrogen-bond acceptors (Lipinski definition) is 4. The van der Waals surface area contributed by atoms with Crippen molar-refractivity contribution >= 4 is 22.4 Å². The van der Waals surface area contributed by atoms with Gasteiger partial charge in [0.2, 0.25) is 0 Å². The number of hydrogen-bond donors (Lipinski definition) is 2. The van der Waals surface area contributed by atoms with E-state index in [1.807, 2.05) is 19.9 Å². The first kappa shape index (κ1) is 24.6. The molecule has 3 N–H and O–H groups in total. The molecule has 0 spiro atoms. The van der Waals surface area contributed by atoms with E-state index < -0.39 is 11.7 Å². The normalized spacial score (nSPS) is 10.9. The number of nitrogens with two attached hydrogens (primary N) is 1. The summed E-state index contributed by atoms with van der Waals surface area (Å²) in [5, 5.41) is 4.28. The SMILES string of the molecule is CC.Nc1ccnc(CNC(=O)c2ccc3c(Oc4ccc(C(F)(F)F)cc4)cccc3c2)c1. The number of ether oxygens (including phenoxy) is 1. The fourth-order valence-corrected chi connectivity index (χ4v) is 3.19. The Morgan fingerprint density at radius 3 is 2.41 bits per heavy atom. The molecule has 0 saturated carbocycles. The number of alkyl halides is 3. The van der Waals surface area contributed by atoms with Crippen LogP contribution in [0.3, 0.4) is 0 Å². The van der Waals surface area contributed by atoms with Crippen LogP contribution in [0.1, 0.15) is 35.5 Å². The number of aromatic nitrogens is 1. The molecule has 0 fully saturated rings. The van der Waals surface area contributed by atoms with E-state index in [1.165, 1.54) is 12.1 Å². The topological polar surface area (TPSA) is 77.2 Å². The van der Waals surface area contributed by atoms with Crippen LogP contribution in [0, 0.1) is 0 Å². The lowest BCUT2D eigenvalue weighted by Crippen LogP contribution is -2.23.